The number of carbonyl (C=O) groups is 1. The van der Waals surface area contributed by atoms with E-state index in [0.717, 1.165) is 0 Å². The van der Waals surface area contributed by atoms with Crippen LogP contribution < -0.4 is 5.73 Å². The third kappa shape index (κ3) is 3.91. The summed E-state index contributed by atoms with van der Waals surface area (Å²) in [6, 6.07) is 4.83. The van der Waals surface area contributed by atoms with Gasteiger partial charge in [-0.25, -0.2) is 0 Å². The molecule has 1 rings (SSSR count). The third-order valence-corrected chi connectivity index (χ3v) is 2.67. The Morgan fingerprint density at radius 1 is 1.53 bits per heavy atom. The molecule has 0 aromatic heterocycles. The normalized spacial score (nSPS) is 12.2. The smallest absolute Gasteiger partial charge is 0.253 e. The lowest BCUT2D eigenvalue weighted by Gasteiger charge is -2.21. The third-order valence-electron chi connectivity index (χ3n) is 2.45. The average molecular weight is 257 g/mol. The van der Waals surface area contributed by atoms with Gasteiger partial charge in [-0.15, -0.1) is 0 Å². The molecule has 0 aliphatic rings. The van der Waals surface area contributed by atoms with Crippen LogP contribution in [0.4, 0.5) is 5.69 Å². The van der Waals surface area contributed by atoms with Crippen LogP contribution in [0.3, 0.4) is 0 Å². The van der Waals surface area contributed by atoms with Crippen LogP contribution >= 0.6 is 11.6 Å². The molecule has 0 radical (unpaired) electrons. The van der Waals surface area contributed by atoms with Crippen LogP contribution in [0.25, 0.3) is 0 Å². The molecule has 0 fully saturated rings. The Balaban J connectivity index is 2.81. The lowest BCUT2D eigenvalue weighted by molar-refractivity contribution is 0.0600. The van der Waals surface area contributed by atoms with Crippen molar-refractivity contribution < 1.29 is 9.53 Å². The predicted molar refractivity (Wildman–Crippen MR) is 69.3 cm³/mol. The van der Waals surface area contributed by atoms with Crippen molar-refractivity contribution in [3.63, 3.8) is 0 Å². The van der Waals surface area contributed by atoms with E-state index in [4.69, 9.17) is 22.1 Å². The highest BCUT2D eigenvalue weighted by atomic mass is 35.5. The highest BCUT2D eigenvalue weighted by Crippen LogP contribution is 2.17. The number of ether oxygens (including phenoxy) is 1. The summed E-state index contributed by atoms with van der Waals surface area (Å²) in [6.07, 6.45) is -0.0134. The average Bonchev–Trinajstić information content (AvgIpc) is 2.26. The number of nitrogen functional groups attached to an aromatic ring is 1. The Morgan fingerprint density at radius 2 is 2.18 bits per heavy atom. The quantitative estimate of drug-likeness (QED) is 0.839. The van der Waals surface area contributed by atoms with Gasteiger partial charge in [0.05, 0.1) is 6.10 Å². The van der Waals surface area contributed by atoms with E-state index in [0.29, 0.717) is 22.8 Å². The van der Waals surface area contributed by atoms with E-state index in [9.17, 15) is 4.79 Å². The largest absolute Gasteiger partial charge is 0.399 e. The maximum absolute atomic E-state index is 12.1. The van der Waals surface area contributed by atoms with E-state index < -0.39 is 0 Å². The fourth-order valence-electron chi connectivity index (χ4n) is 1.50. The number of nitrogens with two attached hydrogens (primary N) is 1. The van der Waals surface area contributed by atoms with Crippen LogP contribution in [-0.4, -0.2) is 37.6 Å². The molecule has 0 heterocycles. The maximum atomic E-state index is 12.1. The molecular weight excluding hydrogens is 240 g/mol. The van der Waals surface area contributed by atoms with E-state index in [1.165, 1.54) is 0 Å². The van der Waals surface area contributed by atoms with Crippen molar-refractivity contribution >= 4 is 23.2 Å². The summed E-state index contributed by atoms with van der Waals surface area (Å²) in [5.74, 6) is -0.122. The zero-order chi connectivity index (χ0) is 13.0. The van der Waals surface area contributed by atoms with Gasteiger partial charge in [0.25, 0.3) is 5.91 Å². The van der Waals surface area contributed by atoms with Gasteiger partial charge in [0.1, 0.15) is 0 Å². The molecule has 94 valence electrons. The van der Waals surface area contributed by atoms with Gasteiger partial charge in [0.2, 0.25) is 0 Å². The fourth-order valence-corrected chi connectivity index (χ4v) is 1.74. The number of carbonyl (C=O) groups excluding carboxylic acids is 1. The number of rotatable bonds is 4. The minimum Gasteiger partial charge on any atom is -0.399 e. The van der Waals surface area contributed by atoms with E-state index in [1.807, 2.05) is 6.92 Å². The highest BCUT2D eigenvalue weighted by molar-refractivity contribution is 6.31. The number of hydrogen-bond acceptors (Lipinski definition) is 3. The Morgan fingerprint density at radius 3 is 2.71 bits per heavy atom. The summed E-state index contributed by atoms with van der Waals surface area (Å²) < 4.78 is 5.11. The monoisotopic (exact) mass is 256 g/mol. The summed E-state index contributed by atoms with van der Waals surface area (Å²) in [7, 11) is 3.33. The summed E-state index contributed by atoms with van der Waals surface area (Å²) in [5, 5.41) is 0.460. The van der Waals surface area contributed by atoms with Crippen LogP contribution in [0.5, 0.6) is 0 Å². The molecule has 1 unspecified atom stereocenters. The first-order chi connectivity index (χ1) is 7.93. The van der Waals surface area contributed by atoms with Crippen LogP contribution in [0, 0.1) is 0 Å². The Bertz CT molecular complexity index is 389. The maximum Gasteiger partial charge on any atom is 0.253 e. The summed E-state index contributed by atoms with van der Waals surface area (Å²) in [4.78, 5) is 13.6. The van der Waals surface area contributed by atoms with Gasteiger partial charge in [-0.05, 0) is 25.1 Å². The van der Waals surface area contributed by atoms with Gasteiger partial charge in [-0.1, -0.05) is 11.6 Å². The van der Waals surface area contributed by atoms with E-state index in [-0.39, 0.29) is 12.0 Å². The van der Waals surface area contributed by atoms with E-state index in [1.54, 1.807) is 37.3 Å². The number of benzene rings is 1. The van der Waals surface area contributed by atoms with Gasteiger partial charge >= 0.3 is 0 Å². The van der Waals surface area contributed by atoms with Crippen LogP contribution in [-0.2, 0) is 4.74 Å². The van der Waals surface area contributed by atoms with Gasteiger partial charge in [-0.3, -0.25) is 4.79 Å². The van der Waals surface area contributed by atoms with E-state index in [2.05, 4.69) is 0 Å². The summed E-state index contributed by atoms with van der Waals surface area (Å²) >= 11 is 5.86. The summed E-state index contributed by atoms with van der Waals surface area (Å²) in [6.45, 7) is 2.41. The predicted octanol–water partition coefficient (Wildman–Crippen LogP) is 2.03. The second kappa shape index (κ2) is 5.89. The van der Waals surface area contributed by atoms with Crippen molar-refractivity contribution in [2.75, 3.05) is 26.4 Å². The molecule has 2 N–H and O–H groups in total. The molecule has 0 saturated carbocycles. The molecule has 1 aromatic carbocycles. The molecule has 0 aliphatic heterocycles. The number of amides is 1. The molecular formula is C12H17ClN2O2. The number of methoxy groups -OCH3 is 1. The van der Waals surface area contributed by atoms with Gasteiger partial charge in [0, 0.05) is 37.0 Å². The first-order valence-corrected chi connectivity index (χ1v) is 5.66. The number of hydrogen-bond donors (Lipinski definition) is 1. The first-order valence-electron chi connectivity index (χ1n) is 5.28. The second-order valence-corrected chi connectivity index (χ2v) is 4.44. The fraction of sp³-hybridized carbons (Fsp3) is 0.417. The number of likely N-dealkylation sites (N-methyl/N-ethyl adjacent to an activating group) is 1. The van der Waals surface area contributed by atoms with Crippen molar-refractivity contribution in [2.24, 2.45) is 0 Å². The Hall–Kier alpha value is -1.26. The van der Waals surface area contributed by atoms with Gasteiger partial charge in [-0.2, -0.15) is 0 Å². The van der Waals surface area contributed by atoms with Crippen LogP contribution in [0.2, 0.25) is 5.02 Å². The lowest BCUT2D eigenvalue weighted by Crippen LogP contribution is -2.33. The van der Waals surface area contributed by atoms with E-state index >= 15 is 0 Å². The molecule has 0 bridgehead atoms. The zero-order valence-corrected chi connectivity index (χ0v) is 11.0. The van der Waals surface area contributed by atoms with Crippen LogP contribution in [0.1, 0.15) is 17.3 Å². The molecule has 1 atom stereocenters. The Labute approximate surface area is 106 Å². The lowest BCUT2D eigenvalue weighted by atomic mass is 10.1. The zero-order valence-electron chi connectivity index (χ0n) is 10.2. The van der Waals surface area contributed by atoms with Crippen molar-refractivity contribution in [3.8, 4) is 0 Å². The molecule has 1 aromatic rings. The summed E-state index contributed by atoms with van der Waals surface area (Å²) in [5.41, 5.74) is 6.61. The number of nitrogens with zero attached hydrogens (tertiary/aromatic N) is 1. The molecule has 0 saturated heterocycles. The second-order valence-electron chi connectivity index (χ2n) is 4.01. The molecule has 0 aliphatic carbocycles. The van der Waals surface area contributed by atoms with Crippen LogP contribution in [0.15, 0.2) is 18.2 Å². The SMILES string of the molecule is COC(C)CN(C)C(=O)c1cc(N)cc(Cl)c1. The Kier molecular flexibility index (Phi) is 4.78. The number of halogens is 1. The molecule has 1 amide bonds. The minimum absolute atomic E-state index is 0.0134. The molecule has 5 heteroatoms. The topological polar surface area (TPSA) is 55.6 Å². The molecule has 0 spiro atoms. The van der Waals surface area contributed by atoms with Gasteiger partial charge in [0.15, 0.2) is 0 Å². The van der Waals surface area contributed by atoms with Crippen molar-refractivity contribution in [3.05, 3.63) is 28.8 Å². The van der Waals surface area contributed by atoms with Crippen molar-refractivity contribution in [2.45, 2.75) is 13.0 Å². The first kappa shape index (κ1) is 13.8. The highest BCUT2D eigenvalue weighted by Gasteiger charge is 2.15. The van der Waals surface area contributed by atoms with Crippen molar-refractivity contribution in [1.82, 2.24) is 4.90 Å². The molecule has 4 nitrogen and oxygen atoms in total. The minimum atomic E-state index is -0.122. The van der Waals surface area contributed by atoms with Crippen molar-refractivity contribution in [1.29, 1.82) is 0 Å². The standard InChI is InChI=1S/C12H17ClN2O2/c1-8(17-3)7-15(2)12(16)9-4-10(13)6-11(14)5-9/h4-6,8H,7,14H2,1-3H3. The van der Waals surface area contributed by atoms with Gasteiger partial charge < -0.3 is 15.4 Å². The number of anilines is 1. The molecule has 17 heavy (non-hydrogen) atoms.